The minimum absolute atomic E-state index is 0.124. The quantitative estimate of drug-likeness (QED) is 0.667. The van der Waals surface area contributed by atoms with Crippen LogP contribution < -0.4 is 11.1 Å². The molecule has 1 amide bonds. The SMILES string of the molecule is Cc1nn(-c2ccc(F)cc2)c(N)c1[C@@]1(O)C(=O)Nc2ccccc21. The standard InChI is InChI=1S/C18H15FN4O2/c1-10-15(16(20)23(22-10)12-8-6-11(19)7-9-12)18(25)13-4-2-3-5-14(13)21-17(18)24/h2-9,25H,20H2,1H3,(H,21,24)/t18-/m1/s1. The summed E-state index contributed by atoms with van der Waals surface area (Å²) in [5.41, 5.74) is 6.42. The average Bonchev–Trinajstić information content (AvgIpc) is 3.03. The lowest BCUT2D eigenvalue weighted by Crippen LogP contribution is -2.36. The number of rotatable bonds is 2. The number of para-hydroxylation sites is 1. The molecule has 0 bridgehead atoms. The molecule has 0 spiro atoms. The molecule has 6 nitrogen and oxygen atoms in total. The number of nitrogen functional groups attached to an aromatic ring is 1. The van der Waals surface area contributed by atoms with Crippen molar-refractivity contribution in [3.05, 3.63) is 71.2 Å². The first-order valence-electron chi connectivity index (χ1n) is 7.67. The van der Waals surface area contributed by atoms with Gasteiger partial charge in [0.05, 0.1) is 16.9 Å². The Balaban J connectivity index is 1.93. The van der Waals surface area contributed by atoms with Crippen LogP contribution in [-0.2, 0) is 10.4 Å². The number of amides is 1. The molecule has 0 fully saturated rings. The second-order valence-corrected chi connectivity index (χ2v) is 5.94. The Hall–Kier alpha value is -3.19. The van der Waals surface area contributed by atoms with Crippen molar-refractivity contribution in [3.63, 3.8) is 0 Å². The van der Waals surface area contributed by atoms with E-state index < -0.39 is 11.5 Å². The molecule has 2 aromatic carbocycles. The van der Waals surface area contributed by atoms with Crippen molar-refractivity contribution in [3.8, 4) is 5.69 Å². The maximum Gasteiger partial charge on any atom is 0.266 e. The van der Waals surface area contributed by atoms with Gasteiger partial charge in [0.2, 0.25) is 5.60 Å². The van der Waals surface area contributed by atoms with Gasteiger partial charge >= 0.3 is 0 Å². The van der Waals surface area contributed by atoms with Crippen LogP contribution in [-0.4, -0.2) is 20.8 Å². The lowest BCUT2D eigenvalue weighted by molar-refractivity contribution is -0.129. The summed E-state index contributed by atoms with van der Waals surface area (Å²) in [6, 6.07) is 12.5. The number of hydrogen-bond donors (Lipinski definition) is 3. The van der Waals surface area contributed by atoms with Crippen molar-refractivity contribution in [2.45, 2.75) is 12.5 Å². The number of benzene rings is 2. The molecule has 1 aromatic heterocycles. The van der Waals surface area contributed by atoms with Crippen molar-refractivity contribution in [1.29, 1.82) is 0 Å². The van der Waals surface area contributed by atoms with E-state index in [9.17, 15) is 14.3 Å². The van der Waals surface area contributed by atoms with Crippen LogP contribution in [0, 0.1) is 12.7 Å². The van der Waals surface area contributed by atoms with E-state index in [1.807, 2.05) is 0 Å². The number of anilines is 2. The Kier molecular flexibility index (Phi) is 3.16. The van der Waals surface area contributed by atoms with E-state index in [2.05, 4.69) is 10.4 Å². The van der Waals surface area contributed by atoms with Gasteiger partial charge in [-0.1, -0.05) is 18.2 Å². The zero-order chi connectivity index (χ0) is 17.8. The summed E-state index contributed by atoms with van der Waals surface area (Å²) in [5.74, 6) is -0.838. The predicted molar refractivity (Wildman–Crippen MR) is 90.7 cm³/mol. The van der Waals surface area contributed by atoms with Gasteiger partial charge in [0, 0.05) is 11.3 Å². The summed E-state index contributed by atoms with van der Waals surface area (Å²) in [5, 5.41) is 18.2. The Morgan fingerprint density at radius 3 is 2.60 bits per heavy atom. The highest BCUT2D eigenvalue weighted by molar-refractivity contribution is 6.08. The molecule has 0 aliphatic carbocycles. The lowest BCUT2D eigenvalue weighted by Gasteiger charge is -2.21. The summed E-state index contributed by atoms with van der Waals surface area (Å²) < 4.78 is 14.5. The van der Waals surface area contributed by atoms with Crippen molar-refractivity contribution < 1.29 is 14.3 Å². The van der Waals surface area contributed by atoms with Crippen molar-refractivity contribution >= 4 is 17.4 Å². The Labute approximate surface area is 142 Å². The number of carbonyl (C=O) groups excluding carboxylic acids is 1. The van der Waals surface area contributed by atoms with E-state index in [0.717, 1.165) is 0 Å². The molecular formula is C18H15FN4O2. The van der Waals surface area contributed by atoms with Gasteiger partial charge in [0.1, 0.15) is 11.6 Å². The van der Waals surface area contributed by atoms with Crippen LogP contribution >= 0.6 is 0 Å². The molecule has 0 radical (unpaired) electrons. The number of halogens is 1. The molecular weight excluding hydrogens is 323 g/mol. The number of aromatic nitrogens is 2. The van der Waals surface area contributed by atoms with E-state index in [4.69, 9.17) is 5.73 Å². The average molecular weight is 338 g/mol. The number of nitrogens with zero attached hydrogens (tertiary/aromatic N) is 2. The van der Waals surface area contributed by atoms with Gasteiger partial charge in [-0.05, 0) is 37.3 Å². The summed E-state index contributed by atoms with van der Waals surface area (Å²) >= 11 is 0. The Bertz CT molecular complexity index is 997. The summed E-state index contributed by atoms with van der Waals surface area (Å²) in [7, 11) is 0. The summed E-state index contributed by atoms with van der Waals surface area (Å²) in [6.45, 7) is 1.66. The maximum absolute atomic E-state index is 13.2. The molecule has 1 aliphatic rings. The van der Waals surface area contributed by atoms with Crippen LogP contribution in [0.4, 0.5) is 15.9 Å². The topological polar surface area (TPSA) is 93.2 Å². The second kappa shape index (κ2) is 5.15. The van der Waals surface area contributed by atoms with Crippen LogP contribution in [0.15, 0.2) is 48.5 Å². The fourth-order valence-corrected chi connectivity index (χ4v) is 3.26. The highest BCUT2D eigenvalue weighted by Gasteiger charge is 2.50. The fourth-order valence-electron chi connectivity index (χ4n) is 3.26. The second-order valence-electron chi connectivity index (χ2n) is 5.94. The monoisotopic (exact) mass is 338 g/mol. The zero-order valence-electron chi connectivity index (χ0n) is 13.3. The predicted octanol–water partition coefficient (Wildman–Crippen LogP) is 2.09. The number of aryl methyl sites for hydroxylation is 1. The summed E-state index contributed by atoms with van der Waals surface area (Å²) in [4.78, 5) is 12.5. The molecule has 2 heterocycles. The third-order valence-corrected chi connectivity index (χ3v) is 4.42. The number of nitrogens with one attached hydrogen (secondary N) is 1. The molecule has 4 rings (SSSR count). The molecule has 3 aromatic rings. The third-order valence-electron chi connectivity index (χ3n) is 4.42. The number of fused-ring (bicyclic) bond motifs is 1. The van der Waals surface area contributed by atoms with Crippen molar-refractivity contribution in [1.82, 2.24) is 9.78 Å². The van der Waals surface area contributed by atoms with E-state index >= 15 is 0 Å². The molecule has 0 saturated heterocycles. The number of nitrogens with two attached hydrogens (primary N) is 1. The van der Waals surface area contributed by atoms with E-state index in [-0.39, 0.29) is 17.2 Å². The Morgan fingerprint density at radius 1 is 1.20 bits per heavy atom. The lowest BCUT2D eigenvalue weighted by atomic mass is 9.87. The molecule has 1 aliphatic heterocycles. The number of aliphatic hydroxyl groups is 1. The van der Waals surface area contributed by atoms with E-state index in [0.29, 0.717) is 22.6 Å². The molecule has 4 N–H and O–H groups in total. The van der Waals surface area contributed by atoms with E-state index in [1.165, 1.54) is 28.9 Å². The summed E-state index contributed by atoms with van der Waals surface area (Å²) in [6.07, 6.45) is 0. The van der Waals surface area contributed by atoms with Crippen LogP contribution in [0.5, 0.6) is 0 Å². The molecule has 0 saturated carbocycles. The first kappa shape index (κ1) is 15.3. The van der Waals surface area contributed by atoms with Gasteiger partial charge in [-0.2, -0.15) is 5.10 Å². The Morgan fingerprint density at radius 2 is 1.88 bits per heavy atom. The van der Waals surface area contributed by atoms with E-state index in [1.54, 1.807) is 31.2 Å². The zero-order valence-corrected chi connectivity index (χ0v) is 13.3. The van der Waals surface area contributed by atoms with Crippen LogP contribution in [0.1, 0.15) is 16.8 Å². The highest BCUT2D eigenvalue weighted by atomic mass is 19.1. The molecule has 25 heavy (non-hydrogen) atoms. The van der Waals surface area contributed by atoms with Gasteiger partial charge in [-0.25, -0.2) is 9.07 Å². The molecule has 7 heteroatoms. The minimum Gasteiger partial charge on any atom is -0.383 e. The fraction of sp³-hybridized carbons (Fsp3) is 0.111. The van der Waals surface area contributed by atoms with Crippen LogP contribution in [0.3, 0.4) is 0 Å². The molecule has 0 unspecified atom stereocenters. The van der Waals surface area contributed by atoms with Gasteiger partial charge < -0.3 is 16.2 Å². The van der Waals surface area contributed by atoms with Crippen LogP contribution in [0.2, 0.25) is 0 Å². The van der Waals surface area contributed by atoms with Gasteiger partial charge in [-0.15, -0.1) is 0 Å². The van der Waals surface area contributed by atoms with Crippen LogP contribution in [0.25, 0.3) is 5.69 Å². The first-order chi connectivity index (χ1) is 11.9. The largest absolute Gasteiger partial charge is 0.383 e. The smallest absolute Gasteiger partial charge is 0.266 e. The minimum atomic E-state index is -1.93. The number of carbonyl (C=O) groups is 1. The maximum atomic E-state index is 13.2. The normalized spacial score (nSPS) is 18.9. The van der Waals surface area contributed by atoms with Crippen molar-refractivity contribution in [2.75, 3.05) is 11.1 Å². The van der Waals surface area contributed by atoms with Gasteiger partial charge in [0.15, 0.2) is 0 Å². The molecule has 126 valence electrons. The number of hydrogen-bond acceptors (Lipinski definition) is 4. The van der Waals surface area contributed by atoms with Crippen molar-refractivity contribution in [2.24, 2.45) is 0 Å². The molecule has 1 atom stereocenters. The highest BCUT2D eigenvalue weighted by Crippen LogP contribution is 2.44. The first-order valence-corrected chi connectivity index (χ1v) is 7.67. The third kappa shape index (κ3) is 2.06. The van der Waals surface area contributed by atoms with Gasteiger partial charge in [0.25, 0.3) is 5.91 Å². The van der Waals surface area contributed by atoms with Gasteiger partial charge in [-0.3, -0.25) is 4.79 Å².